The van der Waals surface area contributed by atoms with E-state index in [0.717, 1.165) is 23.1 Å². The first-order chi connectivity index (χ1) is 10.9. The molecule has 2 rings (SSSR count). The molecule has 0 N–H and O–H groups in total. The fraction of sp³-hybridized carbons (Fsp3) is 0.214. The molecule has 0 saturated carbocycles. The highest BCUT2D eigenvalue weighted by Gasteiger charge is 2.22. The summed E-state index contributed by atoms with van der Waals surface area (Å²) in [5.74, 6) is -0.479. The van der Waals surface area contributed by atoms with Gasteiger partial charge >= 0.3 is 0 Å². The maximum Gasteiger partial charge on any atom is 0.277 e. The molecule has 0 aliphatic carbocycles. The van der Waals surface area contributed by atoms with Gasteiger partial charge in [0, 0.05) is 23.6 Å². The minimum Gasteiger partial charge on any atom is -0.334 e. The number of benzene rings is 1. The monoisotopic (exact) mass is 335 g/mol. The molecule has 0 bridgehead atoms. The number of nitro groups is 2. The van der Waals surface area contributed by atoms with Gasteiger partial charge in [0.1, 0.15) is 0 Å². The number of non-ortho nitro benzene ring substituents is 2. The summed E-state index contributed by atoms with van der Waals surface area (Å²) < 4.78 is 0. The predicted octanol–water partition coefficient (Wildman–Crippen LogP) is 3.23. The standard InChI is InChI=1S/C14H13N3O5S/c1-2-15(9-13-4-3-5-23-13)14(18)10-6-11(16(19)20)8-12(7-10)17(21)22/h3-8H,2,9H2,1H3. The Kier molecular flexibility index (Phi) is 5.02. The Hall–Kier alpha value is -2.81. The maximum atomic E-state index is 12.5. The van der Waals surface area contributed by atoms with Crippen molar-refractivity contribution < 1.29 is 14.6 Å². The van der Waals surface area contributed by atoms with Crippen LogP contribution in [0.25, 0.3) is 0 Å². The third-order valence-electron chi connectivity index (χ3n) is 3.17. The van der Waals surface area contributed by atoms with Crippen LogP contribution in [0.2, 0.25) is 0 Å². The number of amides is 1. The SMILES string of the molecule is CCN(Cc1cccs1)C(=O)c1cc([N+](=O)[O-])cc([N+](=O)[O-])c1. The van der Waals surface area contributed by atoms with E-state index in [0.29, 0.717) is 13.1 Å². The van der Waals surface area contributed by atoms with E-state index in [1.165, 1.54) is 16.2 Å². The van der Waals surface area contributed by atoms with Crippen LogP contribution in [0.4, 0.5) is 11.4 Å². The van der Waals surface area contributed by atoms with Gasteiger partial charge < -0.3 is 4.90 Å². The third-order valence-corrected chi connectivity index (χ3v) is 4.03. The normalized spacial score (nSPS) is 10.3. The molecule has 120 valence electrons. The lowest BCUT2D eigenvalue weighted by molar-refractivity contribution is -0.394. The minimum atomic E-state index is -0.751. The number of nitrogens with zero attached hydrogens (tertiary/aromatic N) is 3. The predicted molar refractivity (Wildman–Crippen MR) is 84.5 cm³/mol. The zero-order valence-corrected chi connectivity index (χ0v) is 13.0. The van der Waals surface area contributed by atoms with Crippen molar-refractivity contribution >= 4 is 28.6 Å². The van der Waals surface area contributed by atoms with Gasteiger partial charge in [0.05, 0.1) is 28.0 Å². The molecule has 1 amide bonds. The van der Waals surface area contributed by atoms with Gasteiger partial charge in [-0.3, -0.25) is 25.0 Å². The van der Waals surface area contributed by atoms with Crippen molar-refractivity contribution in [2.45, 2.75) is 13.5 Å². The molecule has 0 aliphatic heterocycles. The fourth-order valence-corrected chi connectivity index (χ4v) is 2.75. The number of carbonyl (C=O) groups excluding carboxylic acids is 1. The average molecular weight is 335 g/mol. The topological polar surface area (TPSA) is 107 Å². The van der Waals surface area contributed by atoms with E-state index in [1.54, 1.807) is 6.92 Å². The smallest absolute Gasteiger partial charge is 0.277 e. The Labute approximate surface area is 135 Å². The van der Waals surface area contributed by atoms with Crippen molar-refractivity contribution in [3.63, 3.8) is 0 Å². The van der Waals surface area contributed by atoms with Crippen LogP contribution in [-0.4, -0.2) is 27.2 Å². The largest absolute Gasteiger partial charge is 0.334 e. The van der Waals surface area contributed by atoms with Crippen LogP contribution < -0.4 is 0 Å². The Balaban J connectivity index is 2.36. The summed E-state index contributed by atoms with van der Waals surface area (Å²) in [4.78, 5) is 35.3. The van der Waals surface area contributed by atoms with E-state index in [1.807, 2.05) is 17.5 Å². The van der Waals surface area contributed by atoms with Crippen molar-refractivity contribution in [2.24, 2.45) is 0 Å². The van der Waals surface area contributed by atoms with Gasteiger partial charge in [-0.05, 0) is 18.4 Å². The van der Waals surface area contributed by atoms with E-state index >= 15 is 0 Å². The number of hydrogen-bond donors (Lipinski definition) is 0. The molecule has 8 nitrogen and oxygen atoms in total. The quantitative estimate of drug-likeness (QED) is 0.595. The first-order valence-electron chi connectivity index (χ1n) is 6.68. The molecule has 0 saturated heterocycles. The van der Waals surface area contributed by atoms with Crippen molar-refractivity contribution in [2.75, 3.05) is 6.54 Å². The van der Waals surface area contributed by atoms with Gasteiger partial charge in [-0.1, -0.05) is 6.07 Å². The van der Waals surface area contributed by atoms with Crippen LogP contribution in [0, 0.1) is 20.2 Å². The Bertz CT molecular complexity index is 713. The molecule has 0 unspecified atom stereocenters. The first kappa shape index (κ1) is 16.6. The maximum absolute atomic E-state index is 12.5. The Morgan fingerprint density at radius 2 is 1.78 bits per heavy atom. The molecule has 1 aromatic heterocycles. The van der Waals surface area contributed by atoms with Gasteiger partial charge in [0.2, 0.25) is 0 Å². The first-order valence-corrected chi connectivity index (χ1v) is 7.56. The molecule has 9 heteroatoms. The minimum absolute atomic E-state index is 0.0655. The third kappa shape index (κ3) is 3.89. The highest BCUT2D eigenvalue weighted by molar-refractivity contribution is 7.09. The summed E-state index contributed by atoms with van der Waals surface area (Å²) in [6, 6.07) is 6.69. The Morgan fingerprint density at radius 1 is 1.17 bits per heavy atom. The van der Waals surface area contributed by atoms with Crippen LogP contribution in [0.15, 0.2) is 35.7 Å². The number of rotatable bonds is 6. The number of carbonyl (C=O) groups is 1. The molecule has 0 atom stereocenters. The second-order valence-corrected chi connectivity index (χ2v) is 5.68. The van der Waals surface area contributed by atoms with Crippen molar-refractivity contribution in [1.82, 2.24) is 4.90 Å². The zero-order chi connectivity index (χ0) is 17.0. The van der Waals surface area contributed by atoms with Gasteiger partial charge in [0.25, 0.3) is 17.3 Å². The summed E-state index contributed by atoms with van der Waals surface area (Å²) in [6.07, 6.45) is 0. The van der Waals surface area contributed by atoms with E-state index in [4.69, 9.17) is 0 Å². The molecule has 0 fully saturated rings. The molecule has 0 spiro atoms. The fourth-order valence-electron chi connectivity index (χ4n) is 2.03. The molecule has 1 heterocycles. The second kappa shape index (κ2) is 6.97. The molecular weight excluding hydrogens is 322 g/mol. The lowest BCUT2D eigenvalue weighted by Gasteiger charge is -2.20. The number of thiophene rings is 1. The van der Waals surface area contributed by atoms with Gasteiger partial charge in [-0.2, -0.15) is 0 Å². The highest BCUT2D eigenvalue weighted by Crippen LogP contribution is 2.24. The van der Waals surface area contributed by atoms with Crippen LogP contribution in [0.1, 0.15) is 22.2 Å². The molecule has 2 aromatic rings. The summed E-state index contributed by atoms with van der Waals surface area (Å²) >= 11 is 1.48. The number of hydrogen-bond acceptors (Lipinski definition) is 6. The van der Waals surface area contributed by atoms with Crippen LogP contribution >= 0.6 is 11.3 Å². The molecular formula is C14H13N3O5S. The van der Waals surface area contributed by atoms with Crippen molar-refractivity contribution in [3.05, 3.63) is 66.4 Å². The second-order valence-electron chi connectivity index (χ2n) is 4.65. The lowest BCUT2D eigenvalue weighted by Crippen LogP contribution is -2.30. The van der Waals surface area contributed by atoms with E-state index in [9.17, 15) is 25.0 Å². The molecule has 0 radical (unpaired) electrons. The summed E-state index contributed by atoms with van der Waals surface area (Å²) in [5.41, 5.74) is -1.02. The molecule has 1 aromatic carbocycles. The summed E-state index contributed by atoms with van der Waals surface area (Å²) in [6.45, 7) is 2.51. The molecule has 0 aliphatic rings. The van der Waals surface area contributed by atoms with Gasteiger partial charge in [0.15, 0.2) is 0 Å². The average Bonchev–Trinajstić information content (AvgIpc) is 3.04. The van der Waals surface area contributed by atoms with E-state index < -0.39 is 27.1 Å². The van der Waals surface area contributed by atoms with Gasteiger partial charge in [-0.25, -0.2) is 0 Å². The summed E-state index contributed by atoms with van der Waals surface area (Å²) in [7, 11) is 0. The van der Waals surface area contributed by atoms with E-state index in [2.05, 4.69) is 0 Å². The van der Waals surface area contributed by atoms with Crippen LogP contribution in [0.5, 0.6) is 0 Å². The van der Waals surface area contributed by atoms with Crippen molar-refractivity contribution in [1.29, 1.82) is 0 Å². The summed E-state index contributed by atoms with van der Waals surface area (Å²) in [5, 5.41) is 23.7. The lowest BCUT2D eigenvalue weighted by atomic mass is 10.1. The van der Waals surface area contributed by atoms with Crippen LogP contribution in [0.3, 0.4) is 0 Å². The molecule has 23 heavy (non-hydrogen) atoms. The van der Waals surface area contributed by atoms with Crippen LogP contribution in [-0.2, 0) is 6.54 Å². The van der Waals surface area contributed by atoms with Crippen molar-refractivity contribution in [3.8, 4) is 0 Å². The van der Waals surface area contributed by atoms with E-state index in [-0.39, 0.29) is 5.56 Å². The van der Waals surface area contributed by atoms with Gasteiger partial charge in [-0.15, -0.1) is 11.3 Å². The zero-order valence-electron chi connectivity index (χ0n) is 12.2. The number of nitro benzene ring substituents is 2. The Morgan fingerprint density at radius 3 is 2.22 bits per heavy atom. The highest BCUT2D eigenvalue weighted by atomic mass is 32.1.